The lowest BCUT2D eigenvalue weighted by Crippen LogP contribution is -2.13. The lowest BCUT2D eigenvalue weighted by Gasteiger charge is -2.10. The monoisotopic (exact) mass is 364 g/mol. The van der Waals surface area contributed by atoms with Crippen molar-refractivity contribution < 1.29 is 19.2 Å². The molecule has 0 aromatic heterocycles. The Hall–Kier alpha value is -2.80. The maximum Gasteiger partial charge on any atom is 0.296 e. The number of hydrogen-bond acceptors (Lipinski definition) is 5. The molecule has 0 heterocycles. The number of carbonyl (C=O) groups excluding carboxylic acids is 1. The van der Waals surface area contributed by atoms with Crippen molar-refractivity contribution in [2.24, 2.45) is 0 Å². The highest BCUT2D eigenvalue weighted by molar-refractivity contribution is 6.32. The Balaban J connectivity index is 2.25. The number of rotatable bonds is 7. The Morgan fingerprint density at radius 1 is 1.16 bits per heavy atom. The van der Waals surface area contributed by atoms with Gasteiger partial charge in [0.2, 0.25) is 0 Å². The van der Waals surface area contributed by atoms with Crippen LogP contribution < -0.4 is 14.8 Å². The van der Waals surface area contributed by atoms with Crippen molar-refractivity contribution in [3.63, 3.8) is 0 Å². The van der Waals surface area contributed by atoms with E-state index in [2.05, 4.69) is 5.32 Å². The molecule has 7 nitrogen and oxygen atoms in total. The minimum Gasteiger partial charge on any atom is -0.494 e. The van der Waals surface area contributed by atoms with E-state index in [-0.39, 0.29) is 22.0 Å². The van der Waals surface area contributed by atoms with Gasteiger partial charge in [0.1, 0.15) is 17.2 Å². The van der Waals surface area contributed by atoms with Gasteiger partial charge in [0, 0.05) is 5.56 Å². The molecule has 0 spiro atoms. The van der Waals surface area contributed by atoms with Crippen molar-refractivity contribution in [3.05, 3.63) is 57.1 Å². The summed E-state index contributed by atoms with van der Waals surface area (Å²) in [7, 11) is 0. The predicted octanol–water partition coefficient (Wildman–Crippen LogP) is 4.30. The van der Waals surface area contributed by atoms with Crippen molar-refractivity contribution in [1.82, 2.24) is 0 Å². The zero-order valence-corrected chi connectivity index (χ0v) is 14.5. The molecule has 0 atom stereocenters. The highest BCUT2D eigenvalue weighted by Gasteiger charge is 2.18. The van der Waals surface area contributed by atoms with Crippen LogP contribution in [0.2, 0.25) is 5.02 Å². The van der Waals surface area contributed by atoms with Crippen LogP contribution in [-0.4, -0.2) is 24.0 Å². The van der Waals surface area contributed by atoms with Crippen LogP contribution in [0.5, 0.6) is 11.5 Å². The molecule has 0 saturated carbocycles. The summed E-state index contributed by atoms with van der Waals surface area (Å²) in [6, 6.07) is 8.81. The number of nitrogens with zero attached hydrogens (tertiary/aromatic N) is 1. The van der Waals surface area contributed by atoms with Crippen LogP contribution in [0.15, 0.2) is 36.4 Å². The average molecular weight is 365 g/mol. The minimum absolute atomic E-state index is 0.0726. The SMILES string of the molecule is CCOc1ccc(NC(=O)c2ccc(OCC)c(Cl)c2)c([N+](=O)[O-])c1. The van der Waals surface area contributed by atoms with Gasteiger partial charge in [0.05, 0.1) is 29.2 Å². The Morgan fingerprint density at radius 3 is 2.48 bits per heavy atom. The predicted molar refractivity (Wildman–Crippen MR) is 94.8 cm³/mol. The molecule has 0 radical (unpaired) electrons. The first-order chi connectivity index (χ1) is 12.0. The molecule has 2 aromatic carbocycles. The fourth-order valence-electron chi connectivity index (χ4n) is 2.13. The van der Waals surface area contributed by atoms with Gasteiger partial charge in [0.15, 0.2) is 0 Å². The quantitative estimate of drug-likeness (QED) is 0.584. The maximum atomic E-state index is 12.4. The number of amides is 1. The lowest BCUT2D eigenvalue weighted by molar-refractivity contribution is -0.384. The maximum absolute atomic E-state index is 12.4. The van der Waals surface area contributed by atoms with E-state index in [1.54, 1.807) is 19.1 Å². The van der Waals surface area contributed by atoms with Crippen LogP contribution in [0.3, 0.4) is 0 Å². The van der Waals surface area contributed by atoms with Gasteiger partial charge in [-0.25, -0.2) is 0 Å². The van der Waals surface area contributed by atoms with Gasteiger partial charge in [-0.2, -0.15) is 0 Å². The zero-order chi connectivity index (χ0) is 18.4. The second kappa shape index (κ2) is 8.34. The van der Waals surface area contributed by atoms with Crippen molar-refractivity contribution in [1.29, 1.82) is 0 Å². The number of nitro benzene ring substituents is 1. The van der Waals surface area contributed by atoms with Crippen LogP contribution in [0, 0.1) is 10.1 Å². The minimum atomic E-state index is -0.580. The Bertz CT molecular complexity index is 795. The van der Waals surface area contributed by atoms with Gasteiger partial charge in [-0.05, 0) is 44.2 Å². The molecular weight excluding hydrogens is 348 g/mol. The summed E-state index contributed by atoms with van der Waals surface area (Å²) in [6.07, 6.45) is 0. The first-order valence-electron chi connectivity index (χ1n) is 7.61. The third-order valence-corrected chi connectivity index (χ3v) is 3.51. The fourth-order valence-corrected chi connectivity index (χ4v) is 2.37. The van der Waals surface area contributed by atoms with Gasteiger partial charge in [-0.1, -0.05) is 11.6 Å². The van der Waals surface area contributed by atoms with Gasteiger partial charge in [0.25, 0.3) is 11.6 Å². The van der Waals surface area contributed by atoms with Gasteiger partial charge in [-0.3, -0.25) is 14.9 Å². The molecule has 1 N–H and O–H groups in total. The Kier molecular flexibility index (Phi) is 6.19. The highest BCUT2D eigenvalue weighted by atomic mass is 35.5. The number of halogens is 1. The number of benzene rings is 2. The van der Waals surface area contributed by atoms with Crippen molar-refractivity contribution in [2.45, 2.75) is 13.8 Å². The lowest BCUT2D eigenvalue weighted by atomic mass is 10.2. The molecule has 0 aliphatic rings. The third-order valence-electron chi connectivity index (χ3n) is 3.22. The van der Waals surface area contributed by atoms with Crippen molar-refractivity contribution in [2.75, 3.05) is 18.5 Å². The average Bonchev–Trinajstić information content (AvgIpc) is 2.58. The van der Waals surface area contributed by atoms with E-state index in [1.165, 1.54) is 24.3 Å². The number of nitro groups is 1. The van der Waals surface area contributed by atoms with Gasteiger partial charge in [-0.15, -0.1) is 0 Å². The Labute approximate surface area is 149 Å². The molecule has 0 saturated heterocycles. The molecular formula is C17H17ClN2O5. The van der Waals surface area contributed by atoms with Crippen LogP contribution in [0.25, 0.3) is 0 Å². The van der Waals surface area contributed by atoms with E-state index in [1.807, 2.05) is 6.92 Å². The second-order valence-electron chi connectivity index (χ2n) is 4.90. The molecule has 2 aromatic rings. The molecule has 0 bridgehead atoms. The first kappa shape index (κ1) is 18.5. The molecule has 8 heteroatoms. The molecule has 25 heavy (non-hydrogen) atoms. The Morgan fingerprint density at radius 2 is 1.88 bits per heavy atom. The molecule has 0 unspecified atom stereocenters. The van der Waals surface area contributed by atoms with Crippen molar-refractivity contribution in [3.8, 4) is 11.5 Å². The fraction of sp³-hybridized carbons (Fsp3) is 0.235. The van der Waals surface area contributed by atoms with Crippen LogP contribution in [0.1, 0.15) is 24.2 Å². The summed E-state index contributed by atoms with van der Waals surface area (Å²) in [4.78, 5) is 23.0. The standard InChI is InChI=1S/C17H17ClN2O5/c1-3-24-12-6-7-14(15(10-12)20(22)23)19-17(21)11-5-8-16(25-4-2)13(18)9-11/h5-10H,3-4H2,1-2H3,(H,19,21). The number of carbonyl (C=O) groups is 1. The second-order valence-corrected chi connectivity index (χ2v) is 5.31. The highest BCUT2D eigenvalue weighted by Crippen LogP contribution is 2.30. The summed E-state index contributed by atoms with van der Waals surface area (Å²) < 4.78 is 10.6. The smallest absolute Gasteiger partial charge is 0.296 e. The summed E-state index contributed by atoms with van der Waals surface area (Å²) in [5.41, 5.74) is 0.0800. The molecule has 1 amide bonds. The molecule has 132 valence electrons. The molecule has 0 fully saturated rings. The normalized spacial score (nSPS) is 10.2. The van der Waals surface area contributed by atoms with Crippen LogP contribution in [0.4, 0.5) is 11.4 Å². The third kappa shape index (κ3) is 4.60. The van der Waals surface area contributed by atoms with E-state index in [0.717, 1.165) is 0 Å². The molecule has 0 aliphatic carbocycles. The summed E-state index contributed by atoms with van der Waals surface area (Å²) in [6.45, 7) is 4.43. The van der Waals surface area contributed by atoms with E-state index in [4.69, 9.17) is 21.1 Å². The zero-order valence-electron chi connectivity index (χ0n) is 13.7. The largest absolute Gasteiger partial charge is 0.494 e. The van der Waals surface area contributed by atoms with Crippen molar-refractivity contribution >= 4 is 28.9 Å². The molecule has 2 rings (SSSR count). The topological polar surface area (TPSA) is 90.7 Å². The number of ether oxygens (including phenoxy) is 2. The van der Waals surface area contributed by atoms with E-state index in [0.29, 0.717) is 24.7 Å². The van der Waals surface area contributed by atoms with E-state index < -0.39 is 10.8 Å². The number of nitrogens with one attached hydrogen (secondary N) is 1. The van der Waals surface area contributed by atoms with Crippen LogP contribution >= 0.6 is 11.6 Å². The summed E-state index contributed by atoms with van der Waals surface area (Å²) in [5, 5.41) is 14.0. The summed E-state index contributed by atoms with van der Waals surface area (Å²) >= 11 is 6.06. The summed E-state index contributed by atoms with van der Waals surface area (Å²) in [5.74, 6) is 0.307. The van der Waals surface area contributed by atoms with E-state index >= 15 is 0 Å². The van der Waals surface area contributed by atoms with E-state index in [9.17, 15) is 14.9 Å². The molecule has 0 aliphatic heterocycles. The van der Waals surface area contributed by atoms with Crippen LogP contribution in [-0.2, 0) is 0 Å². The number of hydrogen-bond donors (Lipinski definition) is 1. The van der Waals surface area contributed by atoms with Gasteiger partial charge < -0.3 is 14.8 Å². The first-order valence-corrected chi connectivity index (χ1v) is 7.99. The van der Waals surface area contributed by atoms with Gasteiger partial charge >= 0.3 is 0 Å². The number of anilines is 1.